The molecule has 1 saturated carbocycles. The Morgan fingerprint density at radius 2 is 1.95 bits per heavy atom. The third-order valence-electron chi connectivity index (χ3n) is 5.63. The molecule has 0 bridgehead atoms. The largest absolute Gasteiger partial charge is 0.314 e. The maximum Gasteiger partial charge on any atom is 0.0492 e. The third-order valence-corrected chi connectivity index (χ3v) is 5.63. The second kappa shape index (κ2) is 4.93. The van der Waals surface area contributed by atoms with E-state index in [4.69, 9.17) is 0 Å². The molecule has 0 saturated heterocycles. The molecular weight excluding hydrogens is 234 g/mol. The maximum absolute atomic E-state index is 4.25. The van der Waals surface area contributed by atoms with Gasteiger partial charge < -0.3 is 5.32 Å². The fraction of sp³-hybridized carbons (Fsp3) is 0.812. The van der Waals surface area contributed by atoms with E-state index < -0.39 is 0 Å². The SMILES string of the molecule is CCNC(CCc1ccnn1C)C1C(C)(C)C1(C)C. The Bertz CT molecular complexity index is 417. The van der Waals surface area contributed by atoms with Gasteiger partial charge in [0.25, 0.3) is 0 Å². The Balaban J connectivity index is 2.00. The van der Waals surface area contributed by atoms with Gasteiger partial charge >= 0.3 is 0 Å². The van der Waals surface area contributed by atoms with Gasteiger partial charge in [-0.05, 0) is 42.2 Å². The van der Waals surface area contributed by atoms with Crippen molar-refractivity contribution in [3.8, 4) is 0 Å². The van der Waals surface area contributed by atoms with Crippen LogP contribution in [0.5, 0.6) is 0 Å². The lowest BCUT2D eigenvalue weighted by Gasteiger charge is -2.20. The van der Waals surface area contributed by atoms with Crippen molar-refractivity contribution in [2.45, 2.75) is 53.5 Å². The molecule has 1 heterocycles. The highest BCUT2D eigenvalue weighted by Gasteiger charge is 2.66. The summed E-state index contributed by atoms with van der Waals surface area (Å²) in [4.78, 5) is 0. The summed E-state index contributed by atoms with van der Waals surface area (Å²) in [5.41, 5.74) is 2.23. The Kier molecular flexibility index (Phi) is 3.78. The summed E-state index contributed by atoms with van der Waals surface area (Å²) in [7, 11) is 2.03. The molecule has 0 amide bonds. The second-order valence-electron chi connectivity index (χ2n) is 7.07. The zero-order valence-electron chi connectivity index (χ0n) is 13.3. The minimum Gasteiger partial charge on any atom is -0.314 e. The first-order valence-electron chi connectivity index (χ1n) is 7.52. The van der Waals surface area contributed by atoms with Crippen LogP contribution in [0.1, 0.15) is 46.7 Å². The molecule has 3 nitrogen and oxygen atoms in total. The van der Waals surface area contributed by atoms with Gasteiger partial charge in [-0.25, -0.2) is 0 Å². The third kappa shape index (κ3) is 2.45. The maximum atomic E-state index is 4.25. The highest BCUT2D eigenvalue weighted by Crippen LogP contribution is 2.69. The van der Waals surface area contributed by atoms with Crippen LogP contribution < -0.4 is 5.32 Å². The summed E-state index contributed by atoms with van der Waals surface area (Å²) in [6.07, 6.45) is 4.20. The first-order valence-corrected chi connectivity index (χ1v) is 7.52. The molecule has 1 fully saturated rings. The smallest absolute Gasteiger partial charge is 0.0492 e. The van der Waals surface area contributed by atoms with Crippen LogP contribution in [0.15, 0.2) is 12.3 Å². The molecule has 19 heavy (non-hydrogen) atoms. The van der Waals surface area contributed by atoms with E-state index in [1.165, 1.54) is 12.1 Å². The number of aromatic nitrogens is 2. The minimum atomic E-state index is 0.451. The number of rotatable bonds is 6. The van der Waals surface area contributed by atoms with E-state index in [-0.39, 0.29) is 0 Å². The molecule has 1 N–H and O–H groups in total. The fourth-order valence-corrected chi connectivity index (χ4v) is 3.85. The Morgan fingerprint density at radius 1 is 1.32 bits per heavy atom. The fourth-order valence-electron chi connectivity index (χ4n) is 3.85. The van der Waals surface area contributed by atoms with Crippen LogP contribution in [0.2, 0.25) is 0 Å². The molecule has 0 aromatic carbocycles. The molecule has 3 heteroatoms. The summed E-state index contributed by atoms with van der Waals surface area (Å²) in [6.45, 7) is 12.9. The van der Waals surface area contributed by atoms with E-state index in [1.807, 2.05) is 17.9 Å². The summed E-state index contributed by atoms with van der Waals surface area (Å²) in [5.74, 6) is 0.771. The van der Waals surface area contributed by atoms with E-state index >= 15 is 0 Å². The number of aryl methyl sites for hydroxylation is 2. The molecule has 0 spiro atoms. The number of hydrogen-bond acceptors (Lipinski definition) is 2. The van der Waals surface area contributed by atoms with Crippen molar-refractivity contribution in [1.82, 2.24) is 15.1 Å². The molecule has 1 aromatic heterocycles. The van der Waals surface area contributed by atoms with Gasteiger partial charge in [0.1, 0.15) is 0 Å². The van der Waals surface area contributed by atoms with Gasteiger partial charge in [-0.3, -0.25) is 4.68 Å². The van der Waals surface area contributed by atoms with Crippen LogP contribution in [0.4, 0.5) is 0 Å². The minimum absolute atomic E-state index is 0.451. The summed E-state index contributed by atoms with van der Waals surface area (Å²) < 4.78 is 1.99. The van der Waals surface area contributed by atoms with Gasteiger partial charge in [0.05, 0.1) is 0 Å². The Labute approximate surface area is 117 Å². The molecular formula is C16H29N3. The molecule has 1 aliphatic rings. The predicted octanol–water partition coefficient (Wildman–Crippen LogP) is 3.01. The van der Waals surface area contributed by atoms with Crippen LogP contribution >= 0.6 is 0 Å². The molecule has 1 atom stereocenters. The summed E-state index contributed by atoms with van der Waals surface area (Å²) in [6, 6.07) is 2.75. The van der Waals surface area contributed by atoms with E-state index in [0.717, 1.165) is 18.9 Å². The van der Waals surface area contributed by atoms with Crippen LogP contribution in [0.25, 0.3) is 0 Å². The molecule has 108 valence electrons. The van der Waals surface area contributed by atoms with Crippen molar-refractivity contribution in [1.29, 1.82) is 0 Å². The summed E-state index contributed by atoms with van der Waals surface area (Å²) in [5, 5.41) is 7.96. The van der Waals surface area contributed by atoms with Crippen LogP contribution in [-0.4, -0.2) is 22.4 Å². The van der Waals surface area contributed by atoms with Crippen LogP contribution in [0.3, 0.4) is 0 Å². The molecule has 1 aromatic rings. The zero-order valence-corrected chi connectivity index (χ0v) is 13.3. The van der Waals surface area contributed by atoms with Crippen LogP contribution in [-0.2, 0) is 13.5 Å². The van der Waals surface area contributed by atoms with Crippen LogP contribution in [0, 0.1) is 16.7 Å². The Morgan fingerprint density at radius 3 is 2.37 bits per heavy atom. The van der Waals surface area contributed by atoms with Crippen molar-refractivity contribution in [2.24, 2.45) is 23.8 Å². The van der Waals surface area contributed by atoms with Crippen molar-refractivity contribution < 1.29 is 0 Å². The monoisotopic (exact) mass is 263 g/mol. The lowest BCUT2D eigenvalue weighted by atomic mass is 9.98. The number of hydrogen-bond donors (Lipinski definition) is 1. The first-order chi connectivity index (χ1) is 8.82. The molecule has 1 unspecified atom stereocenters. The average molecular weight is 263 g/mol. The van der Waals surface area contributed by atoms with Gasteiger partial charge in [0, 0.05) is 25.0 Å². The van der Waals surface area contributed by atoms with Gasteiger partial charge in [-0.15, -0.1) is 0 Å². The molecule has 0 radical (unpaired) electrons. The van der Waals surface area contributed by atoms with Crippen molar-refractivity contribution >= 4 is 0 Å². The average Bonchev–Trinajstić information content (AvgIpc) is 2.64. The lowest BCUT2D eigenvalue weighted by Crippen LogP contribution is -2.34. The normalized spacial score (nSPS) is 22.4. The van der Waals surface area contributed by atoms with E-state index in [1.54, 1.807) is 0 Å². The highest BCUT2D eigenvalue weighted by atomic mass is 15.2. The highest BCUT2D eigenvalue weighted by molar-refractivity contribution is 5.16. The molecule has 2 rings (SSSR count). The predicted molar refractivity (Wildman–Crippen MR) is 80.0 cm³/mol. The molecule has 0 aliphatic heterocycles. The Hall–Kier alpha value is -0.830. The standard InChI is InChI=1S/C16H29N3/c1-7-17-13(14-15(2,3)16(14,4)5)9-8-12-10-11-18-19(12)6/h10-11,13-14,17H,7-9H2,1-6H3. The van der Waals surface area contributed by atoms with E-state index in [2.05, 4.69) is 51.1 Å². The zero-order chi connectivity index (χ0) is 14.3. The van der Waals surface area contributed by atoms with Gasteiger partial charge in [0.15, 0.2) is 0 Å². The van der Waals surface area contributed by atoms with E-state index in [0.29, 0.717) is 16.9 Å². The lowest BCUT2D eigenvalue weighted by molar-refractivity contribution is 0.381. The van der Waals surface area contributed by atoms with E-state index in [9.17, 15) is 0 Å². The number of nitrogens with one attached hydrogen (secondary N) is 1. The number of nitrogens with zero attached hydrogens (tertiary/aromatic N) is 2. The summed E-state index contributed by atoms with van der Waals surface area (Å²) >= 11 is 0. The van der Waals surface area contributed by atoms with Crippen molar-refractivity contribution in [3.05, 3.63) is 18.0 Å². The quantitative estimate of drug-likeness (QED) is 0.855. The molecule has 1 aliphatic carbocycles. The topological polar surface area (TPSA) is 29.9 Å². The van der Waals surface area contributed by atoms with Crippen molar-refractivity contribution in [2.75, 3.05) is 6.54 Å². The van der Waals surface area contributed by atoms with Gasteiger partial charge in [-0.1, -0.05) is 34.6 Å². The first kappa shape index (κ1) is 14.6. The second-order valence-corrected chi connectivity index (χ2v) is 7.07. The van der Waals surface area contributed by atoms with Crippen molar-refractivity contribution in [3.63, 3.8) is 0 Å². The van der Waals surface area contributed by atoms with Gasteiger partial charge in [0.2, 0.25) is 0 Å². The van der Waals surface area contributed by atoms with Gasteiger partial charge in [-0.2, -0.15) is 5.10 Å².